The fourth-order valence-electron chi connectivity index (χ4n) is 2.85. The Kier molecular flexibility index (Phi) is 2.76. The van der Waals surface area contributed by atoms with Crippen LogP contribution in [0.25, 0.3) is 0 Å². The van der Waals surface area contributed by atoms with Gasteiger partial charge in [-0.25, -0.2) is 0 Å². The van der Waals surface area contributed by atoms with Gasteiger partial charge in [-0.05, 0) is 36.1 Å². The van der Waals surface area contributed by atoms with Crippen molar-refractivity contribution >= 4 is 6.29 Å². The molecule has 1 aliphatic rings. The highest BCUT2D eigenvalue weighted by Gasteiger charge is 2.60. The summed E-state index contributed by atoms with van der Waals surface area (Å²) in [4.78, 5) is 11.2. The number of hydrogen-bond donors (Lipinski definition) is 0. The van der Waals surface area contributed by atoms with E-state index in [1.165, 1.54) is 0 Å². The molecule has 1 saturated heterocycles. The van der Waals surface area contributed by atoms with E-state index < -0.39 is 5.60 Å². The van der Waals surface area contributed by atoms with E-state index in [1.54, 1.807) is 0 Å². The predicted molar refractivity (Wildman–Crippen MR) is 74.1 cm³/mol. The molecule has 19 heavy (non-hydrogen) atoms. The van der Waals surface area contributed by atoms with Gasteiger partial charge in [0.2, 0.25) is 0 Å². The molecule has 96 valence electrons. The van der Waals surface area contributed by atoms with Crippen LogP contribution in [0, 0.1) is 13.8 Å². The summed E-state index contributed by atoms with van der Waals surface area (Å²) in [6.45, 7) is 4.11. The molecule has 0 N–H and O–H groups in total. The lowest BCUT2D eigenvalue weighted by Gasteiger charge is -2.18. The van der Waals surface area contributed by atoms with Crippen LogP contribution in [0.15, 0.2) is 48.5 Å². The molecule has 0 radical (unpaired) electrons. The van der Waals surface area contributed by atoms with Gasteiger partial charge in [-0.2, -0.15) is 0 Å². The molecule has 2 heteroatoms. The monoisotopic (exact) mass is 252 g/mol. The molecule has 0 saturated carbocycles. The number of aldehydes is 1. The second-order valence-corrected chi connectivity index (χ2v) is 5.04. The minimum atomic E-state index is -0.585. The third-order valence-electron chi connectivity index (χ3n) is 3.87. The van der Waals surface area contributed by atoms with E-state index in [1.807, 2.05) is 36.4 Å². The Balaban J connectivity index is 2.20. The van der Waals surface area contributed by atoms with E-state index >= 15 is 0 Å². The first kappa shape index (κ1) is 12.1. The first-order valence-electron chi connectivity index (χ1n) is 6.45. The highest BCUT2D eigenvalue weighted by molar-refractivity contribution is 5.69. The van der Waals surface area contributed by atoms with E-state index in [0.29, 0.717) is 0 Å². The van der Waals surface area contributed by atoms with Crippen molar-refractivity contribution in [3.8, 4) is 0 Å². The lowest BCUT2D eigenvalue weighted by molar-refractivity contribution is -0.108. The van der Waals surface area contributed by atoms with E-state index in [-0.39, 0.29) is 6.10 Å². The summed E-state index contributed by atoms with van der Waals surface area (Å²) in [5.74, 6) is 0. The van der Waals surface area contributed by atoms with Crippen LogP contribution in [-0.2, 0) is 15.1 Å². The average molecular weight is 252 g/mol. The Bertz CT molecular complexity index is 585. The van der Waals surface area contributed by atoms with Crippen LogP contribution < -0.4 is 0 Å². The van der Waals surface area contributed by atoms with Gasteiger partial charge in [0, 0.05) is 0 Å². The molecular formula is C17H16O2. The summed E-state index contributed by atoms with van der Waals surface area (Å²) < 4.78 is 5.82. The zero-order valence-corrected chi connectivity index (χ0v) is 11.1. The van der Waals surface area contributed by atoms with Gasteiger partial charge in [0.15, 0.2) is 18.0 Å². The summed E-state index contributed by atoms with van der Waals surface area (Å²) in [7, 11) is 0. The molecule has 0 aliphatic carbocycles. The van der Waals surface area contributed by atoms with Gasteiger partial charge >= 0.3 is 0 Å². The fraction of sp³-hybridized carbons (Fsp3) is 0.235. The lowest BCUT2D eigenvalue weighted by atomic mass is 9.83. The van der Waals surface area contributed by atoms with E-state index in [2.05, 4.69) is 26.0 Å². The van der Waals surface area contributed by atoms with Crippen molar-refractivity contribution in [1.29, 1.82) is 0 Å². The highest BCUT2D eigenvalue weighted by atomic mass is 16.6. The zero-order valence-electron chi connectivity index (χ0n) is 11.1. The number of rotatable bonds is 3. The molecule has 2 aromatic carbocycles. The Hall–Kier alpha value is -1.93. The summed E-state index contributed by atoms with van der Waals surface area (Å²) in [6.07, 6.45) is 0.522. The van der Waals surface area contributed by atoms with Gasteiger partial charge < -0.3 is 9.53 Å². The van der Waals surface area contributed by atoms with Crippen molar-refractivity contribution in [3.63, 3.8) is 0 Å². The summed E-state index contributed by atoms with van der Waals surface area (Å²) >= 11 is 0. The van der Waals surface area contributed by atoms with Crippen molar-refractivity contribution in [2.45, 2.75) is 25.6 Å². The van der Waals surface area contributed by atoms with Crippen molar-refractivity contribution < 1.29 is 9.53 Å². The standard InChI is InChI=1S/C17H16O2/c1-12-7-3-5-9-14(12)17(16(11-18)19-17)15-10-6-4-8-13(15)2/h3-11,16H,1-2H3. The lowest BCUT2D eigenvalue weighted by Crippen LogP contribution is -2.18. The molecule has 3 rings (SSSR count). The van der Waals surface area contributed by atoms with Crippen LogP contribution >= 0.6 is 0 Å². The second-order valence-electron chi connectivity index (χ2n) is 5.04. The van der Waals surface area contributed by atoms with Crippen molar-refractivity contribution in [3.05, 3.63) is 70.8 Å². The van der Waals surface area contributed by atoms with Crippen molar-refractivity contribution in [2.75, 3.05) is 0 Å². The number of hydrogen-bond acceptors (Lipinski definition) is 2. The Labute approximate surface area is 113 Å². The molecule has 0 bridgehead atoms. The minimum Gasteiger partial charge on any atom is -0.348 e. The molecule has 1 unspecified atom stereocenters. The number of ether oxygens (including phenoxy) is 1. The van der Waals surface area contributed by atoms with Crippen molar-refractivity contribution in [1.82, 2.24) is 0 Å². The van der Waals surface area contributed by atoms with Gasteiger partial charge in [-0.15, -0.1) is 0 Å². The van der Waals surface area contributed by atoms with Crippen LogP contribution in [0.5, 0.6) is 0 Å². The minimum absolute atomic E-state index is 0.380. The Morgan fingerprint density at radius 1 is 0.947 bits per heavy atom. The highest BCUT2D eigenvalue weighted by Crippen LogP contribution is 2.52. The second kappa shape index (κ2) is 4.32. The van der Waals surface area contributed by atoms with E-state index in [4.69, 9.17) is 4.74 Å². The third kappa shape index (κ3) is 1.71. The molecule has 2 nitrogen and oxygen atoms in total. The van der Waals surface area contributed by atoms with Crippen LogP contribution in [0.1, 0.15) is 22.3 Å². The normalized spacial score (nSPS) is 20.0. The van der Waals surface area contributed by atoms with Crippen LogP contribution in [0.3, 0.4) is 0 Å². The number of epoxide rings is 1. The van der Waals surface area contributed by atoms with Gasteiger partial charge in [0.25, 0.3) is 0 Å². The van der Waals surface area contributed by atoms with E-state index in [9.17, 15) is 4.79 Å². The molecule has 0 amide bonds. The summed E-state index contributed by atoms with van der Waals surface area (Å²) in [5, 5.41) is 0. The molecule has 0 aromatic heterocycles. The van der Waals surface area contributed by atoms with Gasteiger partial charge in [0.1, 0.15) is 0 Å². The molecule has 1 atom stereocenters. The van der Waals surface area contributed by atoms with Gasteiger partial charge in [-0.1, -0.05) is 48.5 Å². The van der Waals surface area contributed by atoms with Crippen molar-refractivity contribution in [2.24, 2.45) is 0 Å². The number of aryl methyl sites for hydroxylation is 2. The van der Waals surface area contributed by atoms with Crippen LogP contribution in [-0.4, -0.2) is 12.4 Å². The smallest absolute Gasteiger partial charge is 0.153 e. The average Bonchev–Trinajstić information content (AvgIpc) is 3.15. The molecule has 1 fully saturated rings. The Morgan fingerprint density at radius 3 is 1.79 bits per heavy atom. The van der Waals surface area contributed by atoms with Crippen LogP contribution in [0.2, 0.25) is 0 Å². The van der Waals surface area contributed by atoms with Gasteiger partial charge in [0.05, 0.1) is 0 Å². The predicted octanol–water partition coefficient (Wildman–Crippen LogP) is 3.14. The largest absolute Gasteiger partial charge is 0.348 e. The SMILES string of the molecule is Cc1ccccc1C1(c2ccccc2C)OC1C=O. The first-order chi connectivity index (χ1) is 9.20. The molecule has 2 aromatic rings. The van der Waals surface area contributed by atoms with Crippen LogP contribution in [0.4, 0.5) is 0 Å². The fourth-order valence-corrected chi connectivity index (χ4v) is 2.85. The molecule has 1 heterocycles. The summed E-state index contributed by atoms with van der Waals surface area (Å²) in [5.41, 5.74) is 3.88. The first-order valence-corrected chi connectivity index (χ1v) is 6.45. The van der Waals surface area contributed by atoms with E-state index in [0.717, 1.165) is 28.5 Å². The summed E-state index contributed by atoms with van der Waals surface area (Å²) in [6, 6.07) is 16.2. The maximum Gasteiger partial charge on any atom is 0.153 e. The topological polar surface area (TPSA) is 29.6 Å². The quantitative estimate of drug-likeness (QED) is 0.620. The molecule has 0 spiro atoms. The Morgan fingerprint density at radius 2 is 1.42 bits per heavy atom. The maximum absolute atomic E-state index is 11.2. The number of carbonyl (C=O) groups is 1. The maximum atomic E-state index is 11.2. The number of carbonyl (C=O) groups excluding carboxylic acids is 1. The van der Waals surface area contributed by atoms with Gasteiger partial charge in [-0.3, -0.25) is 0 Å². The number of benzene rings is 2. The zero-order chi connectivity index (χ0) is 13.5. The molecular weight excluding hydrogens is 236 g/mol. The molecule has 1 aliphatic heterocycles. The third-order valence-corrected chi connectivity index (χ3v) is 3.87.